The van der Waals surface area contributed by atoms with E-state index in [1.165, 1.54) is 6.07 Å². The molecule has 0 aliphatic rings. The zero-order chi connectivity index (χ0) is 14.4. The average molecular weight is 277 g/mol. The van der Waals surface area contributed by atoms with Gasteiger partial charge in [-0.05, 0) is 31.5 Å². The lowest BCUT2D eigenvalue weighted by atomic mass is 10.2. The first-order valence-corrected chi connectivity index (χ1v) is 6.91. The summed E-state index contributed by atoms with van der Waals surface area (Å²) >= 11 is 0. The van der Waals surface area contributed by atoms with Gasteiger partial charge in [-0.2, -0.15) is 5.10 Å². The molecule has 108 valence electrons. The van der Waals surface area contributed by atoms with E-state index in [-0.39, 0.29) is 11.6 Å². The smallest absolute Gasteiger partial charge is 0.167 e. The van der Waals surface area contributed by atoms with E-state index < -0.39 is 0 Å². The number of benzene rings is 1. The Bertz CT molecular complexity index is 554. The Morgan fingerprint density at radius 3 is 2.85 bits per heavy atom. The summed E-state index contributed by atoms with van der Waals surface area (Å²) in [7, 11) is 0. The Morgan fingerprint density at radius 1 is 1.30 bits per heavy atom. The maximum atomic E-state index is 13.7. The van der Waals surface area contributed by atoms with Crippen LogP contribution in [0.25, 0.3) is 0 Å². The van der Waals surface area contributed by atoms with Crippen molar-refractivity contribution in [3.8, 4) is 5.75 Å². The van der Waals surface area contributed by atoms with Crippen LogP contribution in [0.1, 0.15) is 26.0 Å². The summed E-state index contributed by atoms with van der Waals surface area (Å²) in [5.41, 5.74) is 1.82. The summed E-state index contributed by atoms with van der Waals surface area (Å²) in [6.07, 6.45) is 2.82. The Balaban J connectivity index is 2.00. The quantitative estimate of drug-likeness (QED) is 0.842. The number of hydrogen-bond donors (Lipinski definition) is 1. The van der Waals surface area contributed by atoms with Gasteiger partial charge in [0.1, 0.15) is 0 Å². The van der Waals surface area contributed by atoms with Crippen LogP contribution in [-0.2, 0) is 13.1 Å². The second-order valence-electron chi connectivity index (χ2n) is 4.48. The predicted octanol–water partition coefficient (Wildman–Crippen LogP) is 3.44. The molecule has 5 heteroatoms. The number of aryl methyl sites for hydroxylation is 1. The number of anilines is 1. The fraction of sp³-hybridized carbons (Fsp3) is 0.400. The highest BCUT2D eigenvalue weighted by molar-refractivity contribution is 5.47. The van der Waals surface area contributed by atoms with Crippen molar-refractivity contribution in [1.82, 2.24) is 9.78 Å². The minimum Gasteiger partial charge on any atom is -0.491 e. The summed E-state index contributed by atoms with van der Waals surface area (Å²) in [5, 5.41) is 7.46. The molecule has 20 heavy (non-hydrogen) atoms. The fourth-order valence-electron chi connectivity index (χ4n) is 2.00. The lowest BCUT2D eigenvalue weighted by molar-refractivity contribution is 0.321. The molecule has 0 aliphatic heterocycles. The number of aromatic nitrogens is 2. The van der Waals surface area contributed by atoms with Gasteiger partial charge in [0.2, 0.25) is 0 Å². The van der Waals surface area contributed by atoms with Crippen molar-refractivity contribution in [3.05, 3.63) is 42.0 Å². The van der Waals surface area contributed by atoms with Crippen LogP contribution in [0.3, 0.4) is 0 Å². The molecule has 1 aromatic heterocycles. The maximum Gasteiger partial charge on any atom is 0.167 e. The molecular weight excluding hydrogens is 257 g/mol. The van der Waals surface area contributed by atoms with Crippen LogP contribution in [0.4, 0.5) is 10.1 Å². The summed E-state index contributed by atoms with van der Waals surface area (Å²) in [6, 6.07) is 6.87. The van der Waals surface area contributed by atoms with Gasteiger partial charge in [-0.1, -0.05) is 6.92 Å². The summed E-state index contributed by atoms with van der Waals surface area (Å²) in [6.45, 7) is 5.91. The molecule has 0 amide bonds. The molecular formula is C15H20FN3O. The molecule has 0 saturated heterocycles. The highest BCUT2D eigenvalue weighted by atomic mass is 19.1. The SMILES string of the molecule is CCCn1nccc1CNc1ccc(OCC)c(F)c1. The second kappa shape index (κ2) is 6.93. The van der Waals surface area contributed by atoms with Crippen LogP contribution < -0.4 is 10.1 Å². The van der Waals surface area contributed by atoms with Gasteiger partial charge in [0.25, 0.3) is 0 Å². The van der Waals surface area contributed by atoms with Gasteiger partial charge in [-0.3, -0.25) is 4.68 Å². The molecule has 4 nitrogen and oxygen atoms in total. The van der Waals surface area contributed by atoms with Gasteiger partial charge in [-0.25, -0.2) is 4.39 Å². The minimum absolute atomic E-state index is 0.286. The molecule has 0 spiro atoms. The number of halogens is 1. The van der Waals surface area contributed by atoms with Gasteiger partial charge >= 0.3 is 0 Å². The zero-order valence-corrected chi connectivity index (χ0v) is 11.9. The van der Waals surface area contributed by atoms with E-state index in [2.05, 4.69) is 17.3 Å². The zero-order valence-electron chi connectivity index (χ0n) is 11.9. The topological polar surface area (TPSA) is 39.1 Å². The monoisotopic (exact) mass is 277 g/mol. The minimum atomic E-state index is -0.348. The van der Waals surface area contributed by atoms with E-state index >= 15 is 0 Å². The normalized spacial score (nSPS) is 10.6. The third kappa shape index (κ3) is 3.50. The molecule has 0 saturated carbocycles. The molecule has 1 heterocycles. The summed E-state index contributed by atoms with van der Waals surface area (Å²) < 4.78 is 20.9. The molecule has 0 fully saturated rings. The van der Waals surface area contributed by atoms with Crippen LogP contribution in [0.2, 0.25) is 0 Å². The summed E-state index contributed by atoms with van der Waals surface area (Å²) in [5.74, 6) is -0.0620. The van der Waals surface area contributed by atoms with Gasteiger partial charge in [0.05, 0.1) is 18.8 Å². The van der Waals surface area contributed by atoms with Crippen LogP contribution in [0, 0.1) is 5.82 Å². The third-order valence-electron chi connectivity index (χ3n) is 2.95. The molecule has 1 N–H and O–H groups in total. The highest BCUT2D eigenvalue weighted by Gasteiger charge is 2.05. The molecule has 1 aromatic carbocycles. The van der Waals surface area contributed by atoms with E-state index in [1.807, 2.05) is 23.7 Å². The van der Waals surface area contributed by atoms with Gasteiger partial charge in [0.15, 0.2) is 11.6 Å². The first kappa shape index (κ1) is 14.4. The Hall–Kier alpha value is -2.04. The van der Waals surface area contributed by atoms with Crippen molar-refractivity contribution in [1.29, 1.82) is 0 Å². The van der Waals surface area contributed by atoms with E-state index in [1.54, 1.807) is 12.3 Å². The molecule has 0 bridgehead atoms. The van der Waals surface area contributed by atoms with Crippen LogP contribution in [0.5, 0.6) is 5.75 Å². The Morgan fingerprint density at radius 2 is 2.15 bits per heavy atom. The van der Waals surface area contributed by atoms with Crippen molar-refractivity contribution in [3.63, 3.8) is 0 Å². The second-order valence-corrected chi connectivity index (χ2v) is 4.48. The lowest BCUT2D eigenvalue weighted by Crippen LogP contribution is -2.09. The molecule has 0 radical (unpaired) electrons. The largest absolute Gasteiger partial charge is 0.491 e. The molecule has 0 unspecified atom stereocenters. The van der Waals surface area contributed by atoms with Crippen molar-refractivity contribution in [2.75, 3.05) is 11.9 Å². The first-order chi connectivity index (χ1) is 9.74. The van der Waals surface area contributed by atoms with Crippen molar-refractivity contribution in [2.45, 2.75) is 33.4 Å². The van der Waals surface area contributed by atoms with Crippen LogP contribution in [-0.4, -0.2) is 16.4 Å². The molecule has 0 atom stereocenters. The molecule has 0 aliphatic carbocycles. The number of rotatable bonds is 7. The number of ether oxygens (including phenoxy) is 1. The number of nitrogens with one attached hydrogen (secondary N) is 1. The van der Waals surface area contributed by atoms with Crippen LogP contribution >= 0.6 is 0 Å². The van der Waals surface area contributed by atoms with E-state index in [9.17, 15) is 4.39 Å². The maximum absolute atomic E-state index is 13.7. The van der Waals surface area contributed by atoms with E-state index in [4.69, 9.17) is 4.74 Å². The van der Waals surface area contributed by atoms with Crippen molar-refractivity contribution in [2.24, 2.45) is 0 Å². The van der Waals surface area contributed by atoms with Gasteiger partial charge < -0.3 is 10.1 Å². The lowest BCUT2D eigenvalue weighted by Gasteiger charge is -2.10. The Labute approximate surface area is 118 Å². The van der Waals surface area contributed by atoms with Gasteiger partial charge in [0, 0.05) is 24.5 Å². The number of hydrogen-bond acceptors (Lipinski definition) is 3. The van der Waals surface area contributed by atoms with E-state index in [0.717, 1.165) is 24.3 Å². The number of nitrogens with zero attached hydrogens (tertiary/aromatic N) is 2. The van der Waals surface area contributed by atoms with E-state index in [0.29, 0.717) is 13.2 Å². The standard InChI is InChI=1S/C15H20FN3O/c1-3-9-19-13(7-8-18-19)11-17-12-5-6-15(20-4-2)14(16)10-12/h5-8,10,17H,3-4,9,11H2,1-2H3. The summed E-state index contributed by atoms with van der Waals surface area (Å²) in [4.78, 5) is 0. The Kier molecular flexibility index (Phi) is 4.98. The third-order valence-corrected chi connectivity index (χ3v) is 2.95. The predicted molar refractivity (Wildman–Crippen MR) is 77.4 cm³/mol. The van der Waals surface area contributed by atoms with Crippen LogP contribution in [0.15, 0.2) is 30.5 Å². The fourth-order valence-corrected chi connectivity index (χ4v) is 2.00. The highest BCUT2D eigenvalue weighted by Crippen LogP contribution is 2.21. The average Bonchev–Trinajstić information content (AvgIpc) is 2.87. The van der Waals surface area contributed by atoms with Crippen molar-refractivity contribution < 1.29 is 9.13 Å². The van der Waals surface area contributed by atoms with Crippen molar-refractivity contribution >= 4 is 5.69 Å². The van der Waals surface area contributed by atoms with Gasteiger partial charge in [-0.15, -0.1) is 0 Å². The molecule has 2 aromatic rings. The molecule has 2 rings (SSSR count). The first-order valence-electron chi connectivity index (χ1n) is 6.91.